The van der Waals surface area contributed by atoms with Crippen molar-refractivity contribution in [2.24, 2.45) is 0 Å². The first kappa shape index (κ1) is 12.3. The molecule has 0 saturated heterocycles. The van der Waals surface area contributed by atoms with Gasteiger partial charge in [-0.25, -0.2) is 0 Å². The van der Waals surface area contributed by atoms with Crippen LogP contribution in [-0.4, -0.2) is 13.2 Å². The van der Waals surface area contributed by atoms with Crippen LogP contribution in [-0.2, 0) is 6.42 Å². The minimum atomic E-state index is 0.118. The van der Waals surface area contributed by atoms with Gasteiger partial charge in [0.05, 0.1) is 18.9 Å². The van der Waals surface area contributed by atoms with E-state index in [2.05, 4.69) is 30.4 Å². The fraction of sp³-hybridized carbons (Fsp3) is 0.375. The first-order chi connectivity index (χ1) is 9.38. The zero-order valence-corrected chi connectivity index (χ0v) is 11.2. The zero-order valence-electron chi connectivity index (χ0n) is 11.2. The predicted octanol–water partition coefficient (Wildman–Crippen LogP) is 3.30. The molecule has 3 nitrogen and oxygen atoms in total. The van der Waals surface area contributed by atoms with Crippen molar-refractivity contribution in [1.29, 1.82) is 0 Å². The highest BCUT2D eigenvalue weighted by Gasteiger charge is 2.18. The lowest BCUT2D eigenvalue weighted by Gasteiger charge is -2.21. The second-order valence-electron chi connectivity index (χ2n) is 4.83. The van der Waals surface area contributed by atoms with Gasteiger partial charge in [-0.2, -0.15) is 0 Å². The fourth-order valence-corrected chi connectivity index (χ4v) is 2.60. The van der Waals surface area contributed by atoms with E-state index in [9.17, 15) is 0 Å². The van der Waals surface area contributed by atoms with Crippen molar-refractivity contribution >= 4 is 0 Å². The molecule has 1 unspecified atom stereocenters. The maximum Gasteiger partial charge on any atom is 0.125 e. The lowest BCUT2D eigenvalue weighted by Crippen LogP contribution is -2.22. The molecule has 19 heavy (non-hydrogen) atoms. The second kappa shape index (κ2) is 5.49. The second-order valence-corrected chi connectivity index (χ2v) is 4.83. The van der Waals surface area contributed by atoms with Crippen molar-refractivity contribution in [2.75, 3.05) is 13.2 Å². The van der Waals surface area contributed by atoms with Gasteiger partial charge in [0.1, 0.15) is 11.5 Å². The summed E-state index contributed by atoms with van der Waals surface area (Å²) in [7, 11) is 0. The third-order valence-electron chi connectivity index (χ3n) is 3.50. The summed E-state index contributed by atoms with van der Waals surface area (Å²) in [6, 6.07) is 10.5. The maximum atomic E-state index is 5.67. The number of aryl methyl sites for hydroxylation is 1. The van der Waals surface area contributed by atoms with E-state index in [4.69, 9.17) is 9.15 Å². The van der Waals surface area contributed by atoms with E-state index in [1.165, 1.54) is 11.1 Å². The van der Waals surface area contributed by atoms with Gasteiger partial charge in [0.2, 0.25) is 0 Å². The van der Waals surface area contributed by atoms with Gasteiger partial charge in [0.15, 0.2) is 0 Å². The van der Waals surface area contributed by atoms with Gasteiger partial charge in [0.25, 0.3) is 0 Å². The highest BCUT2D eigenvalue weighted by atomic mass is 16.5. The van der Waals surface area contributed by atoms with Crippen LogP contribution in [0.3, 0.4) is 0 Å². The molecular weight excluding hydrogens is 238 g/mol. The van der Waals surface area contributed by atoms with Gasteiger partial charge in [-0.1, -0.05) is 19.1 Å². The van der Waals surface area contributed by atoms with Gasteiger partial charge in [0, 0.05) is 0 Å². The molecule has 1 aliphatic heterocycles. The zero-order chi connectivity index (χ0) is 13.1. The van der Waals surface area contributed by atoms with Crippen molar-refractivity contribution in [3.8, 4) is 5.75 Å². The Bertz CT molecular complexity index is 534. The van der Waals surface area contributed by atoms with Gasteiger partial charge < -0.3 is 14.5 Å². The monoisotopic (exact) mass is 257 g/mol. The highest BCUT2D eigenvalue weighted by molar-refractivity contribution is 5.41. The smallest absolute Gasteiger partial charge is 0.125 e. The predicted molar refractivity (Wildman–Crippen MR) is 74.5 cm³/mol. The van der Waals surface area contributed by atoms with Crippen LogP contribution in [0.25, 0.3) is 0 Å². The molecule has 0 fully saturated rings. The van der Waals surface area contributed by atoms with Gasteiger partial charge in [-0.3, -0.25) is 0 Å². The van der Waals surface area contributed by atoms with E-state index in [-0.39, 0.29) is 6.04 Å². The molecule has 2 heterocycles. The Kier molecular flexibility index (Phi) is 3.56. The summed E-state index contributed by atoms with van der Waals surface area (Å²) in [6.07, 6.45) is 3.92. The molecule has 1 atom stereocenters. The van der Waals surface area contributed by atoms with Crippen LogP contribution in [0.15, 0.2) is 41.0 Å². The Morgan fingerprint density at radius 1 is 1.32 bits per heavy atom. The molecule has 0 bridgehead atoms. The first-order valence-corrected chi connectivity index (χ1v) is 6.91. The Labute approximate surface area is 113 Å². The van der Waals surface area contributed by atoms with Gasteiger partial charge in [-0.05, 0) is 48.7 Å². The molecule has 0 radical (unpaired) electrons. The Morgan fingerprint density at radius 3 is 3.05 bits per heavy atom. The van der Waals surface area contributed by atoms with Crippen molar-refractivity contribution < 1.29 is 9.15 Å². The molecule has 0 saturated carbocycles. The largest absolute Gasteiger partial charge is 0.493 e. The number of rotatable bonds is 4. The summed E-state index contributed by atoms with van der Waals surface area (Å²) >= 11 is 0. The normalized spacial score (nSPS) is 15.6. The van der Waals surface area contributed by atoms with Crippen molar-refractivity contribution in [3.63, 3.8) is 0 Å². The Hall–Kier alpha value is -1.74. The molecule has 100 valence electrons. The highest BCUT2D eigenvalue weighted by Crippen LogP contribution is 2.30. The van der Waals surface area contributed by atoms with Crippen LogP contribution < -0.4 is 10.1 Å². The number of ether oxygens (including phenoxy) is 1. The summed E-state index contributed by atoms with van der Waals surface area (Å²) in [5.41, 5.74) is 2.54. The van der Waals surface area contributed by atoms with Gasteiger partial charge in [-0.15, -0.1) is 0 Å². The van der Waals surface area contributed by atoms with Crippen molar-refractivity contribution in [2.45, 2.75) is 25.8 Å². The van der Waals surface area contributed by atoms with Crippen LogP contribution in [0.4, 0.5) is 0 Å². The molecular formula is C16H19NO2. The Morgan fingerprint density at radius 2 is 2.26 bits per heavy atom. The van der Waals surface area contributed by atoms with Crippen molar-refractivity contribution in [1.82, 2.24) is 5.32 Å². The molecule has 3 heteroatoms. The molecule has 1 aromatic heterocycles. The Balaban J connectivity index is 1.94. The van der Waals surface area contributed by atoms with E-state index in [1.807, 2.05) is 12.1 Å². The summed E-state index contributed by atoms with van der Waals surface area (Å²) in [5, 5.41) is 3.47. The summed E-state index contributed by atoms with van der Waals surface area (Å²) in [6.45, 7) is 3.84. The number of hydrogen-bond acceptors (Lipinski definition) is 3. The summed E-state index contributed by atoms with van der Waals surface area (Å²) in [4.78, 5) is 0. The summed E-state index contributed by atoms with van der Waals surface area (Å²) < 4.78 is 11.2. The molecule has 1 aliphatic rings. The van der Waals surface area contributed by atoms with E-state index >= 15 is 0 Å². The third-order valence-corrected chi connectivity index (χ3v) is 3.50. The number of benzene rings is 1. The molecule has 0 spiro atoms. The number of fused-ring (bicyclic) bond motifs is 1. The lowest BCUT2D eigenvalue weighted by atomic mass is 9.98. The molecule has 0 aliphatic carbocycles. The average Bonchev–Trinajstić information content (AvgIpc) is 2.98. The standard InChI is InChI=1S/C16H19NO2/c1-2-17-16(15-6-4-10-19-15)13-7-8-14-12(11-13)5-3-9-18-14/h4,6-8,10-11,16-17H,2-3,5,9H2,1H3. The van der Waals surface area contributed by atoms with Crippen molar-refractivity contribution in [3.05, 3.63) is 53.5 Å². The lowest BCUT2D eigenvalue weighted by molar-refractivity contribution is 0.288. The first-order valence-electron chi connectivity index (χ1n) is 6.91. The van der Waals surface area contributed by atoms with Crippen LogP contribution in [0.2, 0.25) is 0 Å². The maximum absolute atomic E-state index is 5.67. The topological polar surface area (TPSA) is 34.4 Å². The van der Waals surface area contributed by atoms with Crippen LogP contribution in [0.1, 0.15) is 36.3 Å². The molecule has 0 amide bonds. The average molecular weight is 257 g/mol. The number of nitrogens with one attached hydrogen (secondary N) is 1. The number of furan rings is 1. The van der Waals surface area contributed by atoms with E-state index in [0.717, 1.165) is 37.5 Å². The molecule has 1 N–H and O–H groups in total. The fourth-order valence-electron chi connectivity index (χ4n) is 2.60. The van der Waals surface area contributed by atoms with E-state index in [0.29, 0.717) is 0 Å². The third kappa shape index (κ3) is 2.51. The van der Waals surface area contributed by atoms with Crippen LogP contribution in [0, 0.1) is 0 Å². The number of hydrogen-bond donors (Lipinski definition) is 1. The van der Waals surface area contributed by atoms with Gasteiger partial charge >= 0.3 is 0 Å². The minimum absolute atomic E-state index is 0.118. The van der Waals surface area contributed by atoms with E-state index in [1.54, 1.807) is 6.26 Å². The summed E-state index contributed by atoms with van der Waals surface area (Å²) in [5.74, 6) is 1.99. The van der Waals surface area contributed by atoms with E-state index < -0.39 is 0 Å². The van der Waals surface area contributed by atoms with Crippen LogP contribution in [0.5, 0.6) is 5.75 Å². The SMILES string of the molecule is CCNC(c1ccc2c(c1)CCCO2)c1ccco1. The minimum Gasteiger partial charge on any atom is -0.493 e. The quantitative estimate of drug-likeness (QED) is 0.912. The molecule has 1 aromatic carbocycles. The van der Waals surface area contributed by atoms with Crippen LogP contribution >= 0.6 is 0 Å². The molecule has 2 aromatic rings. The molecule has 3 rings (SSSR count).